The van der Waals surface area contributed by atoms with Crippen molar-refractivity contribution < 1.29 is 17.9 Å². The van der Waals surface area contributed by atoms with Gasteiger partial charge in [-0.25, -0.2) is 8.42 Å². The van der Waals surface area contributed by atoms with Crippen molar-refractivity contribution in [3.8, 4) is 0 Å². The first-order valence-electron chi connectivity index (χ1n) is 10.0. The molecule has 1 unspecified atom stereocenters. The van der Waals surface area contributed by atoms with Crippen molar-refractivity contribution in [2.24, 2.45) is 0 Å². The highest BCUT2D eigenvalue weighted by atomic mass is 32.2. The molecule has 1 aliphatic carbocycles. The summed E-state index contributed by atoms with van der Waals surface area (Å²) in [6.45, 7) is 2.33. The molecule has 0 bridgehead atoms. The Morgan fingerprint density at radius 2 is 1.77 bits per heavy atom. The van der Waals surface area contributed by atoms with Gasteiger partial charge in [-0.05, 0) is 55.0 Å². The Morgan fingerprint density at radius 3 is 2.43 bits per heavy atom. The summed E-state index contributed by atoms with van der Waals surface area (Å²) in [5.41, 5.74) is 2.71. The van der Waals surface area contributed by atoms with Crippen LogP contribution in [0, 0.1) is 6.92 Å². The predicted molar refractivity (Wildman–Crippen MR) is 115 cm³/mol. The van der Waals surface area contributed by atoms with Crippen LogP contribution in [-0.4, -0.2) is 32.3 Å². The van der Waals surface area contributed by atoms with Gasteiger partial charge in [-0.3, -0.25) is 9.10 Å². The lowest BCUT2D eigenvalue weighted by Crippen LogP contribution is -2.48. The molecule has 0 amide bonds. The molecular weight excluding hydrogens is 398 g/mol. The van der Waals surface area contributed by atoms with Crippen molar-refractivity contribution >= 4 is 16.0 Å². The van der Waals surface area contributed by atoms with Crippen molar-refractivity contribution in [2.45, 2.75) is 36.5 Å². The van der Waals surface area contributed by atoms with Gasteiger partial charge in [0.05, 0.1) is 12.0 Å². The molecule has 0 radical (unpaired) electrons. The molecule has 6 heteroatoms. The number of sulfonamides is 1. The number of carbonyl (C=O) groups excluding carboxylic acids is 1. The number of methoxy groups -OCH3 is 1. The number of ether oxygens (including phenoxy) is 1. The zero-order chi connectivity index (χ0) is 21.4. The van der Waals surface area contributed by atoms with Crippen LogP contribution >= 0.6 is 0 Å². The van der Waals surface area contributed by atoms with E-state index in [2.05, 4.69) is 6.08 Å². The highest BCUT2D eigenvalue weighted by molar-refractivity contribution is 7.89. The standard InChI is InChI=1S/C24H25NO4S/c1-18-11-13-21(14-12-18)30(27,28)25-15-7-6-10-22-19(17-25)16-24(22,23(26)29-2)20-8-4-3-5-9-20/h3-5,8-14,17H,6-7,15-16H2,1-2H3/b19-17-,22-10+. The van der Waals surface area contributed by atoms with Crippen molar-refractivity contribution in [2.75, 3.05) is 13.7 Å². The molecule has 0 N–H and O–H groups in total. The Labute approximate surface area is 177 Å². The number of hydrogen-bond acceptors (Lipinski definition) is 4. The fraction of sp³-hybridized carbons (Fsp3) is 0.292. The van der Waals surface area contributed by atoms with Crippen LogP contribution in [0.2, 0.25) is 0 Å². The van der Waals surface area contributed by atoms with Crippen LogP contribution in [0.1, 0.15) is 30.4 Å². The predicted octanol–water partition coefficient (Wildman–Crippen LogP) is 4.10. The maximum atomic E-state index is 13.2. The number of aryl methyl sites for hydroxylation is 1. The summed E-state index contributed by atoms with van der Waals surface area (Å²) in [5, 5.41) is 0. The molecule has 0 aromatic heterocycles. The zero-order valence-electron chi connectivity index (χ0n) is 17.2. The molecule has 30 heavy (non-hydrogen) atoms. The minimum absolute atomic E-state index is 0.276. The molecule has 156 valence electrons. The second-order valence-electron chi connectivity index (χ2n) is 7.78. The van der Waals surface area contributed by atoms with Crippen LogP contribution in [0.4, 0.5) is 0 Å². The van der Waals surface area contributed by atoms with E-state index in [0.29, 0.717) is 25.8 Å². The summed E-state index contributed by atoms with van der Waals surface area (Å²) in [6, 6.07) is 16.4. The van der Waals surface area contributed by atoms with Crippen LogP contribution in [0.25, 0.3) is 0 Å². The smallest absolute Gasteiger partial charge is 0.321 e. The fourth-order valence-corrected chi connectivity index (χ4v) is 5.67. The zero-order valence-corrected chi connectivity index (χ0v) is 18.0. The maximum Gasteiger partial charge on any atom is 0.321 e. The summed E-state index contributed by atoms with van der Waals surface area (Å²) in [7, 11) is -2.26. The minimum atomic E-state index is -3.65. The van der Waals surface area contributed by atoms with E-state index in [0.717, 1.165) is 22.3 Å². The molecule has 1 atom stereocenters. The summed E-state index contributed by atoms with van der Waals surface area (Å²) < 4.78 is 33.1. The van der Waals surface area contributed by atoms with E-state index in [1.807, 2.05) is 37.3 Å². The van der Waals surface area contributed by atoms with Gasteiger partial charge in [0.2, 0.25) is 0 Å². The van der Waals surface area contributed by atoms with Gasteiger partial charge in [-0.2, -0.15) is 0 Å². The highest BCUT2D eigenvalue weighted by Gasteiger charge is 2.54. The maximum absolute atomic E-state index is 13.2. The molecule has 5 nitrogen and oxygen atoms in total. The van der Waals surface area contributed by atoms with Gasteiger partial charge in [0.15, 0.2) is 0 Å². The lowest BCUT2D eigenvalue weighted by atomic mass is 9.57. The Morgan fingerprint density at radius 1 is 1.07 bits per heavy atom. The molecule has 2 aromatic carbocycles. The normalized spacial score (nSPS) is 24.8. The fourth-order valence-electron chi connectivity index (χ4n) is 4.29. The van der Waals surface area contributed by atoms with E-state index >= 15 is 0 Å². The first kappa shape index (κ1) is 20.4. The van der Waals surface area contributed by atoms with Crippen LogP contribution < -0.4 is 0 Å². The first-order chi connectivity index (χ1) is 14.4. The topological polar surface area (TPSA) is 63.7 Å². The number of hydrogen-bond donors (Lipinski definition) is 0. The molecular formula is C24H25NO4S. The number of nitrogens with zero attached hydrogens (tertiary/aromatic N) is 1. The van der Waals surface area contributed by atoms with Crippen molar-refractivity contribution in [3.63, 3.8) is 0 Å². The highest BCUT2D eigenvalue weighted by Crippen LogP contribution is 2.54. The third kappa shape index (κ3) is 3.25. The monoisotopic (exact) mass is 423 g/mol. The average Bonchev–Trinajstić information content (AvgIpc) is 2.73. The van der Waals surface area contributed by atoms with E-state index in [9.17, 15) is 13.2 Å². The third-order valence-electron chi connectivity index (χ3n) is 5.92. The minimum Gasteiger partial charge on any atom is -0.468 e. The molecule has 1 aliphatic heterocycles. The van der Waals surface area contributed by atoms with E-state index in [1.54, 1.807) is 30.5 Å². The van der Waals surface area contributed by atoms with Crippen molar-refractivity contribution in [1.29, 1.82) is 0 Å². The molecule has 0 saturated heterocycles. The van der Waals surface area contributed by atoms with Gasteiger partial charge < -0.3 is 4.74 Å². The number of rotatable bonds is 4. The summed E-state index contributed by atoms with van der Waals surface area (Å²) in [6.07, 6.45) is 5.54. The SMILES string of the molecule is COC(=O)C1(c2ccccc2)CC2=C/N(S(=O)(=O)c3ccc(C)cc3)CCC/C=C\21. The van der Waals surface area contributed by atoms with Crippen LogP contribution in [0.3, 0.4) is 0 Å². The lowest BCUT2D eigenvalue weighted by molar-refractivity contribution is -0.147. The van der Waals surface area contributed by atoms with Gasteiger partial charge in [0, 0.05) is 12.7 Å². The van der Waals surface area contributed by atoms with E-state index in [4.69, 9.17) is 4.74 Å². The van der Waals surface area contributed by atoms with E-state index in [1.165, 1.54) is 11.4 Å². The second-order valence-corrected chi connectivity index (χ2v) is 9.67. The Kier molecular flexibility index (Phi) is 5.28. The summed E-state index contributed by atoms with van der Waals surface area (Å²) in [4.78, 5) is 13.2. The van der Waals surface area contributed by atoms with E-state index < -0.39 is 15.4 Å². The molecule has 1 fully saturated rings. The molecule has 4 rings (SSSR count). The second kappa shape index (κ2) is 7.76. The van der Waals surface area contributed by atoms with Crippen LogP contribution in [0.15, 0.2) is 82.9 Å². The molecule has 0 spiro atoms. The molecule has 1 saturated carbocycles. The molecule has 1 heterocycles. The quantitative estimate of drug-likeness (QED) is 0.695. The van der Waals surface area contributed by atoms with Gasteiger partial charge in [-0.1, -0.05) is 54.1 Å². The van der Waals surface area contributed by atoms with Crippen molar-refractivity contribution in [3.05, 3.63) is 89.1 Å². The first-order valence-corrected chi connectivity index (χ1v) is 11.5. The summed E-state index contributed by atoms with van der Waals surface area (Å²) >= 11 is 0. The Bertz CT molecular complexity index is 1120. The summed E-state index contributed by atoms with van der Waals surface area (Å²) in [5.74, 6) is -0.314. The van der Waals surface area contributed by atoms with Gasteiger partial charge in [0.1, 0.15) is 5.41 Å². The molecule has 2 aliphatic rings. The van der Waals surface area contributed by atoms with Gasteiger partial charge in [0.25, 0.3) is 10.0 Å². The van der Waals surface area contributed by atoms with Crippen molar-refractivity contribution in [1.82, 2.24) is 4.31 Å². The number of benzene rings is 2. The van der Waals surface area contributed by atoms with E-state index in [-0.39, 0.29) is 10.9 Å². The Balaban J connectivity index is 1.74. The molecule has 2 aromatic rings. The number of carbonyl (C=O) groups is 1. The number of fused-ring (bicyclic) bond motifs is 1. The van der Waals surface area contributed by atoms with Gasteiger partial charge in [-0.15, -0.1) is 0 Å². The average molecular weight is 424 g/mol. The van der Waals surface area contributed by atoms with Gasteiger partial charge >= 0.3 is 5.97 Å². The van der Waals surface area contributed by atoms with Crippen LogP contribution in [0.5, 0.6) is 0 Å². The van der Waals surface area contributed by atoms with Crippen LogP contribution in [-0.2, 0) is 25.0 Å². The Hall–Kier alpha value is -2.86. The number of esters is 1. The third-order valence-corrected chi connectivity index (χ3v) is 7.69. The number of allylic oxidation sites excluding steroid dienone is 2. The largest absolute Gasteiger partial charge is 0.468 e. The lowest BCUT2D eigenvalue weighted by Gasteiger charge is -2.46.